The maximum Gasteiger partial charge on any atom is 0.417 e. The summed E-state index contributed by atoms with van der Waals surface area (Å²) >= 11 is 6.94. The summed E-state index contributed by atoms with van der Waals surface area (Å²) in [5, 5.41) is 7.18. The minimum Gasteiger partial charge on any atom is -0.293 e. The topological polar surface area (TPSA) is 47.3 Å². The van der Waals surface area contributed by atoms with Crippen LogP contribution in [0.1, 0.15) is 34.0 Å². The van der Waals surface area contributed by atoms with Crippen LogP contribution in [0, 0.1) is 13.8 Å². The Hall–Kier alpha value is -2.06. The molecule has 0 aliphatic rings. The zero-order valence-corrected chi connectivity index (χ0v) is 16.2. The van der Waals surface area contributed by atoms with Gasteiger partial charge in [0.05, 0.1) is 15.8 Å². The van der Waals surface area contributed by atoms with Gasteiger partial charge in [-0.2, -0.15) is 13.2 Å². The summed E-state index contributed by atoms with van der Waals surface area (Å²) in [5.41, 5.74) is 1.81. The van der Waals surface area contributed by atoms with Gasteiger partial charge in [0.25, 0.3) is 0 Å². The lowest BCUT2D eigenvalue weighted by atomic mass is 10.0. The number of ketones is 1. The van der Waals surface area contributed by atoms with E-state index in [2.05, 4.69) is 10.2 Å². The average molecular weight is 414 g/mol. The van der Waals surface area contributed by atoms with E-state index in [0.29, 0.717) is 5.56 Å². The molecule has 0 spiro atoms. The van der Waals surface area contributed by atoms with Crippen LogP contribution >= 0.6 is 23.4 Å². The summed E-state index contributed by atoms with van der Waals surface area (Å²) < 4.78 is 40.3. The summed E-state index contributed by atoms with van der Waals surface area (Å²) in [6, 6.07) is 6.21. The average Bonchev–Trinajstić information content (AvgIpc) is 2.99. The van der Waals surface area contributed by atoms with Crippen molar-refractivity contribution in [2.24, 2.45) is 0 Å². The van der Waals surface area contributed by atoms with Crippen LogP contribution in [0.2, 0.25) is 5.02 Å². The van der Waals surface area contributed by atoms with E-state index >= 15 is 0 Å². The first-order chi connectivity index (χ1) is 12.6. The van der Waals surface area contributed by atoms with E-state index < -0.39 is 17.0 Å². The highest BCUT2D eigenvalue weighted by molar-refractivity contribution is 8.00. The molecule has 0 amide bonds. The molecule has 4 nitrogen and oxygen atoms in total. The molecule has 3 aromatic rings. The van der Waals surface area contributed by atoms with Crippen molar-refractivity contribution in [1.29, 1.82) is 0 Å². The Labute approximate surface area is 162 Å². The van der Waals surface area contributed by atoms with Gasteiger partial charge in [-0.05, 0) is 44.0 Å². The molecule has 0 bridgehead atoms. The molecule has 2 aromatic heterocycles. The fourth-order valence-electron chi connectivity index (χ4n) is 2.51. The van der Waals surface area contributed by atoms with Gasteiger partial charge in [0.1, 0.15) is 0 Å². The molecule has 0 saturated carbocycles. The first-order valence-electron chi connectivity index (χ1n) is 7.97. The van der Waals surface area contributed by atoms with E-state index in [1.165, 1.54) is 4.40 Å². The molecule has 3 rings (SSSR count). The molecule has 27 heavy (non-hydrogen) atoms. The number of Topliss-reactive ketones (excluding diaryl/α,β-unsaturated/α-hetero) is 1. The van der Waals surface area contributed by atoms with Crippen molar-refractivity contribution < 1.29 is 18.0 Å². The van der Waals surface area contributed by atoms with Crippen molar-refractivity contribution in [2.45, 2.75) is 37.4 Å². The first-order valence-corrected chi connectivity index (χ1v) is 9.23. The zero-order valence-electron chi connectivity index (χ0n) is 14.6. The quantitative estimate of drug-likeness (QED) is 0.425. The van der Waals surface area contributed by atoms with Crippen molar-refractivity contribution in [3.8, 4) is 0 Å². The van der Waals surface area contributed by atoms with Crippen LogP contribution in [0.25, 0.3) is 5.65 Å². The summed E-state index contributed by atoms with van der Waals surface area (Å²) in [7, 11) is 0. The Bertz CT molecular complexity index is 1030. The normalized spacial score (nSPS) is 13.1. The number of carbonyl (C=O) groups excluding carboxylic acids is 1. The lowest BCUT2D eigenvalue weighted by Gasteiger charge is -2.12. The molecule has 1 aromatic carbocycles. The Morgan fingerprint density at radius 1 is 1.19 bits per heavy atom. The predicted molar refractivity (Wildman–Crippen MR) is 98.6 cm³/mol. The largest absolute Gasteiger partial charge is 0.417 e. The molecular formula is C18H15ClF3N3OS. The highest BCUT2D eigenvalue weighted by Gasteiger charge is 2.32. The second kappa shape index (κ2) is 7.16. The van der Waals surface area contributed by atoms with Gasteiger partial charge in [-0.15, -0.1) is 10.2 Å². The summed E-state index contributed by atoms with van der Waals surface area (Å²) in [6.07, 6.45) is -3.67. The molecule has 0 saturated heterocycles. The maximum atomic E-state index is 13.0. The third-order valence-corrected chi connectivity index (χ3v) is 5.53. The standard InChI is InChI=1S/C18H15ClF3N3OS/c1-9-4-5-12(6-10(9)2)15(26)11(3)27-17-24-23-16-14(19)7-13(8-25(16)17)18(20,21)22/h4-8,11H,1-3H3/t11-/m1/s1. The second-order valence-electron chi connectivity index (χ2n) is 6.17. The van der Waals surface area contributed by atoms with E-state index in [9.17, 15) is 18.0 Å². The molecular weight excluding hydrogens is 399 g/mol. The highest BCUT2D eigenvalue weighted by atomic mass is 35.5. The fourth-order valence-corrected chi connectivity index (χ4v) is 3.66. The molecule has 0 fully saturated rings. The molecule has 2 heterocycles. The van der Waals surface area contributed by atoms with Gasteiger partial charge < -0.3 is 0 Å². The molecule has 0 radical (unpaired) electrons. The third kappa shape index (κ3) is 3.96. The molecule has 142 valence electrons. The van der Waals surface area contributed by atoms with Crippen LogP contribution < -0.4 is 0 Å². The summed E-state index contributed by atoms with van der Waals surface area (Å²) in [6.45, 7) is 5.54. The number of rotatable bonds is 4. The number of aryl methyl sites for hydroxylation is 2. The minimum atomic E-state index is -4.55. The van der Waals surface area contributed by atoms with Crippen LogP contribution in [0.3, 0.4) is 0 Å². The van der Waals surface area contributed by atoms with Gasteiger partial charge in [0.15, 0.2) is 16.6 Å². The van der Waals surface area contributed by atoms with E-state index in [0.717, 1.165) is 35.2 Å². The van der Waals surface area contributed by atoms with Gasteiger partial charge in [-0.1, -0.05) is 35.5 Å². The Morgan fingerprint density at radius 3 is 2.52 bits per heavy atom. The number of halogens is 4. The number of hydrogen-bond acceptors (Lipinski definition) is 4. The monoisotopic (exact) mass is 413 g/mol. The molecule has 0 aliphatic carbocycles. The zero-order chi connectivity index (χ0) is 19.9. The van der Waals surface area contributed by atoms with Gasteiger partial charge >= 0.3 is 6.18 Å². The molecule has 9 heteroatoms. The lowest BCUT2D eigenvalue weighted by Crippen LogP contribution is -2.14. The van der Waals surface area contributed by atoms with Crippen molar-refractivity contribution in [1.82, 2.24) is 14.6 Å². The molecule has 1 atom stereocenters. The van der Waals surface area contributed by atoms with Crippen molar-refractivity contribution in [2.75, 3.05) is 0 Å². The molecule has 0 N–H and O–H groups in total. The number of thioether (sulfide) groups is 1. The number of nitrogens with zero attached hydrogens (tertiary/aromatic N) is 3. The van der Waals surface area contributed by atoms with Crippen LogP contribution in [0.5, 0.6) is 0 Å². The van der Waals surface area contributed by atoms with E-state index in [-0.39, 0.29) is 21.6 Å². The summed E-state index contributed by atoms with van der Waals surface area (Å²) in [5.74, 6) is -0.141. The number of aromatic nitrogens is 3. The first kappa shape index (κ1) is 19.7. The van der Waals surface area contributed by atoms with Crippen molar-refractivity contribution >= 4 is 34.8 Å². The van der Waals surface area contributed by atoms with Gasteiger partial charge in [0, 0.05) is 11.8 Å². The van der Waals surface area contributed by atoms with E-state index in [1.807, 2.05) is 19.9 Å². The lowest BCUT2D eigenvalue weighted by molar-refractivity contribution is -0.137. The fraction of sp³-hybridized carbons (Fsp3) is 0.278. The van der Waals surface area contributed by atoms with Gasteiger partial charge in [-0.25, -0.2) is 0 Å². The van der Waals surface area contributed by atoms with Crippen LogP contribution in [-0.4, -0.2) is 25.6 Å². The maximum absolute atomic E-state index is 13.0. The van der Waals surface area contributed by atoms with E-state index in [4.69, 9.17) is 11.6 Å². The minimum absolute atomic E-state index is 0.109. The van der Waals surface area contributed by atoms with E-state index in [1.54, 1.807) is 19.1 Å². The Morgan fingerprint density at radius 2 is 1.89 bits per heavy atom. The van der Waals surface area contributed by atoms with Gasteiger partial charge in [0.2, 0.25) is 0 Å². The van der Waals surface area contributed by atoms with Crippen LogP contribution in [0.15, 0.2) is 35.6 Å². The molecule has 0 aliphatic heterocycles. The van der Waals surface area contributed by atoms with Crippen molar-refractivity contribution in [3.05, 3.63) is 57.7 Å². The van der Waals surface area contributed by atoms with Crippen molar-refractivity contribution in [3.63, 3.8) is 0 Å². The van der Waals surface area contributed by atoms with Crippen LogP contribution in [-0.2, 0) is 6.18 Å². The predicted octanol–water partition coefficient (Wildman–Crippen LogP) is 5.38. The second-order valence-corrected chi connectivity index (χ2v) is 7.89. The third-order valence-electron chi connectivity index (χ3n) is 4.20. The number of fused-ring (bicyclic) bond motifs is 1. The Kier molecular flexibility index (Phi) is 5.22. The number of pyridine rings is 1. The highest BCUT2D eigenvalue weighted by Crippen LogP contribution is 2.34. The number of benzene rings is 1. The number of carbonyl (C=O) groups is 1. The number of alkyl halides is 3. The Balaban J connectivity index is 1.92. The smallest absolute Gasteiger partial charge is 0.293 e. The van der Waals surface area contributed by atoms with Gasteiger partial charge in [-0.3, -0.25) is 9.20 Å². The SMILES string of the molecule is Cc1ccc(C(=O)[C@@H](C)Sc2nnc3c(Cl)cc(C(F)(F)F)cn23)cc1C. The summed E-state index contributed by atoms with van der Waals surface area (Å²) in [4.78, 5) is 12.7. The number of hydrogen-bond donors (Lipinski definition) is 0. The molecule has 0 unspecified atom stereocenters. The van der Waals surface area contributed by atoms with Crippen LogP contribution in [0.4, 0.5) is 13.2 Å².